The summed E-state index contributed by atoms with van der Waals surface area (Å²) in [6, 6.07) is 0. The topological polar surface area (TPSA) is 135 Å². The summed E-state index contributed by atoms with van der Waals surface area (Å²) < 4.78 is 22.9. The summed E-state index contributed by atoms with van der Waals surface area (Å²) >= 11 is 0. The third kappa shape index (κ3) is 39.1. The zero-order valence-electron chi connectivity index (χ0n) is 43.3. The Hall–Kier alpha value is -2.63. The number of allylic oxidation sites excluding steroid dienone is 14. The highest BCUT2D eigenvalue weighted by Crippen LogP contribution is 2.23. The molecule has 392 valence electrons. The van der Waals surface area contributed by atoms with Crippen LogP contribution in [0.3, 0.4) is 0 Å². The lowest BCUT2D eigenvalue weighted by Crippen LogP contribution is -2.59. The Morgan fingerprint density at radius 1 is 0.485 bits per heavy atom. The molecule has 0 aromatic heterocycles. The van der Waals surface area contributed by atoms with E-state index in [1.807, 2.05) is 0 Å². The molecule has 1 rings (SSSR count). The first-order valence-corrected chi connectivity index (χ1v) is 27.7. The standard InChI is InChI=1S/C59H102O9/c1-3-5-7-9-11-13-15-17-19-21-23-25-26-27-29-31-33-35-37-39-41-43-45-47-49-65-51-53(52-66-59-58(64)57(63)56(62)54(50-60)68-59)67-55(61)48-46-44-42-40-38-36-34-32-30-28-24-22-20-18-16-14-12-10-8-6-4-2/h6,8,12,14-15,17-18,20-21,23-24,26-28,53-54,56-60,62-64H,3-5,7,9-11,13,16,19,22,25,29-52H2,1-2H3/b8-6-,14-12-,17-15-,20-18-,23-21-,27-26-,28-24-. The van der Waals surface area contributed by atoms with E-state index in [2.05, 4.69) is 98.9 Å². The van der Waals surface area contributed by atoms with E-state index in [1.165, 1.54) is 116 Å². The molecule has 1 aliphatic rings. The minimum Gasteiger partial charge on any atom is -0.457 e. The smallest absolute Gasteiger partial charge is 0.306 e. The predicted molar refractivity (Wildman–Crippen MR) is 283 cm³/mol. The van der Waals surface area contributed by atoms with Gasteiger partial charge in [-0.2, -0.15) is 0 Å². The Bertz CT molecular complexity index is 1320. The number of hydrogen-bond acceptors (Lipinski definition) is 9. The molecule has 6 atom stereocenters. The van der Waals surface area contributed by atoms with Crippen molar-refractivity contribution in [3.8, 4) is 0 Å². The number of ether oxygens (including phenoxy) is 4. The molecule has 4 N–H and O–H groups in total. The van der Waals surface area contributed by atoms with Crippen LogP contribution in [-0.4, -0.2) is 89.6 Å². The molecule has 6 unspecified atom stereocenters. The van der Waals surface area contributed by atoms with Crippen molar-refractivity contribution in [3.05, 3.63) is 85.1 Å². The molecule has 0 radical (unpaired) electrons. The van der Waals surface area contributed by atoms with Gasteiger partial charge in [0.25, 0.3) is 0 Å². The van der Waals surface area contributed by atoms with Crippen LogP contribution in [-0.2, 0) is 23.7 Å². The van der Waals surface area contributed by atoms with Gasteiger partial charge >= 0.3 is 5.97 Å². The SMILES string of the molecule is CC/C=C\C/C=C\C/C=C\C/C=C\CCCCCCCCCCC(=O)OC(COCCCCCCCCCCC/C=C\C/C=C\C/C=C\CCCCCCC)COC1OC(CO)C(O)C(O)C1O. The Balaban J connectivity index is 2.20. The van der Waals surface area contributed by atoms with Crippen LogP contribution in [0.4, 0.5) is 0 Å². The van der Waals surface area contributed by atoms with Crippen LogP contribution in [0, 0.1) is 0 Å². The van der Waals surface area contributed by atoms with Gasteiger partial charge in [0.1, 0.15) is 30.5 Å². The Morgan fingerprint density at radius 3 is 1.35 bits per heavy atom. The molecule has 9 nitrogen and oxygen atoms in total. The summed E-state index contributed by atoms with van der Waals surface area (Å²) in [6.07, 6.45) is 60.4. The fourth-order valence-electron chi connectivity index (χ4n) is 8.02. The molecule has 0 bridgehead atoms. The van der Waals surface area contributed by atoms with E-state index < -0.39 is 43.4 Å². The van der Waals surface area contributed by atoms with Crippen molar-refractivity contribution < 1.29 is 44.2 Å². The molecule has 0 amide bonds. The van der Waals surface area contributed by atoms with Gasteiger partial charge in [-0.15, -0.1) is 0 Å². The van der Waals surface area contributed by atoms with Gasteiger partial charge in [0.15, 0.2) is 6.29 Å². The van der Waals surface area contributed by atoms with Crippen LogP contribution in [0.5, 0.6) is 0 Å². The highest BCUT2D eigenvalue weighted by atomic mass is 16.7. The van der Waals surface area contributed by atoms with Crippen molar-refractivity contribution in [2.75, 3.05) is 26.4 Å². The number of carbonyl (C=O) groups is 1. The molecule has 0 spiro atoms. The van der Waals surface area contributed by atoms with Crippen LogP contribution in [0.25, 0.3) is 0 Å². The van der Waals surface area contributed by atoms with E-state index in [0.717, 1.165) is 83.5 Å². The molecule has 0 saturated carbocycles. The molecule has 0 aromatic rings. The Labute approximate surface area is 416 Å². The molecular formula is C59H102O9. The second-order valence-electron chi connectivity index (χ2n) is 18.6. The largest absolute Gasteiger partial charge is 0.457 e. The van der Waals surface area contributed by atoms with E-state index in [1.54, 1.807) is 0 Å². The zero-order chi connectivity index (χ0) is 49.2. The predicted octanol–water partition coefficient (Wildman–Crippen LogP) is 14.1. The third-order valence-corrected chi connectivity index (χ3v) is 12.3. The number of rotatable bonds is 47. The number of carbonyl (C=O) groups excluding carboxylic acids is 1. The lowest BCUT2D eigenvalue weighted by atomic mass is 9.99. The first kappa shape index (κ1) is 63.4. The molecular weight excluding hydrogens is 853 g/mol. The molecule has 9 heteroatoms. The lowest BCUT2D eigenvalue weighted by molar-refractivity contribution is -0.305. The average Bonchev–Trinajstić information content (AvgIpc) is 3.34. The molecule has 1 aliphatic heterocycles. The number of hydrogen-bond donors (Lipinski definition) is 4. The first-order valence-electron chi connectivity index (χ1n) is 27.7. The van der Waals surface area contributed by atoms with Crippen LogP contribution in [0.2, 0.25) is 0 Å². The summed E-state index contributed by atoms with van der Waals surface area (Å²) in [5.41, 5.74) is 0. The number of esters is 1. The number of unbranched alkanes of at least 4 members (excludes halogenated alkanes) is 22. The van der Waals surface area contributed by atoms with Gasteiger partial charge in [0, 0.05) is 13.0 Å². The second kappa shape index (κ2) is 49.4. The van der Waals surface area contributed by atoms with Gasteiger partial charge in [0.2, 0.25) is 0 Å². The average molecular weight is 955 g/mol. The van der Waals surface area contributed by atoms with Gasteiger partial charge in [-0.25, -0.2) is 0 Å². The highest BCUT2D eigenvalue weighted by Gasteiger charge is 2.44. The van der Waals surface area contributed by atoms with Crippen LogP contribution in [0.1, 0.15) is 219 Å². The maximum Gasteiger partial charge on any atom is 0.306 e. The summed E-state index contributed by atoms with van der Waals surface area (Å²) in [7, 11) is 0. The molecule has 1 saturated heterocycles. The summed E-state index contributed by atoms with van der Waals surface area (Å²) in [5.74, 6) is -0.325. The van der Waals surface area contributed by atoms with Crippen LogP contribution in [0.15, 0.2) is 85.1 Å². The van der Waals surface area contributed by atoms with Crippen molar-refractivity contribution in [2.45, 2.75) is 256 Å². The van der Waals surface area contributed by atoms with Crippen molar-refractivity contribution in [1.29, 1.82) is 0 Å². The second-order valence-corrected chi connectivity index (χ2v) is 18.6. The maximum atomic E-state index is 12.9. The minimum absolute atomic E-state index is 0.123. The molecule has 68 heavy (non-hydrogen) atoms. The van der Waals surface area contributed by atoms with Crippen molar-refractivity contribution >= 4 is 5.97 Å². The molecule has 1 heterocycles. The first-order chi connectivity index (χ1) is 33.4. The fraction of sp³-hybridized carbons (Fsp3) is 0.746. The summed E-state index contributed by atoms with van der Waals surface area (Å²) in [5, 5.41) is 40.3. The van der Waals surface area contributed by atoms with E-state index in [4.69, 9.17) is 18.9 Å². The van der Waals surface area contributed by atoms with E-state index in [0.29, 0.717) is 13.0 Å². The van der Waals surface area contributed by atoms with Crippen LogP contribution < -0.4 is 0 Å². The molecule has 0 aliphatic carbocycles. The number of aliphatic hydroxyl groups is 4. The van der Waals surface area contributed by atoms with Gasteiger partial charge in [0.05, 0.1) is 19.8 Å². The van der Waals surface area contributed by atoms with E-state index in [-0.39, 0.29) is 19.2 Å². The molecule has 0 aromatic carbocycles. The monoisotopic (exact) mass is 955 g/mol. The van der Waals surface area contributed by atoms with E-state index in [9.17, 15) is 25.2 Å². The summed E-state index contributed by atoms with van der Waals surface area (Å²) in [4.78, 5) is 12.9. The fourth-order valence-corrected chi connectivity index (χ4v) is 8.02. The van der Waals surface area contributed by atoms with Gasteiger partial charge in [-0.05, 0) is 89.9 Å². The maximum absolute atomic E-state index is 12.9. The minimum atomic E-state index is -1.54. The van der Waals surface area contributed by atoms with Gasteiger partial charge < -0.3 is 39.4 Å². The normalized spacial score (nSPS) is 19.8. The zero-order valence-corrected chi connectivity index (χ0v) is 43.3. The van der Waals surface area contributed by atoms with Gasteiger partial charge in [-0.3, -0.25) is 4.79 Å². The third-order valence-electron chi connectivity index (χ3n) is 12.3. The van der Waals surface area contributed by atoms with E-state index >= 15 is 0 Å². The lowest BCUT2D eigenvalue weighted by Gasteiger charge is -2.39. The molecule has 1 fully saturated rings. The quantitative estimate of drug-likeness (QED) is 0.0267. The Morgan fingerprint density at radius 2 is 0.897 bits per heavy atom. The highest BCUT2D eigenvalue weighted by molar-refractivity contribution is 5.69. The van der Waals surface area contributed by atoms with Crippen molar-refractivity contribution in [3.63, 3.8) is 0 Å². The van der Waals surface area contributed by atoms with Crippen molar-refractivity contribution in [1.82, 2.24) is 0 Å². The van der Waals surface area contributed by atoms with Gasteiger partial charge in [-0.1, -0.05) is 208 Å². The van der Waals surface area contributed by atoms with Crippen LogP contribution >= 0.6 is 0 Å². The number of aliphatic hydroxyl groups excluding tert-OH is 4. The van der Waals surface area contributed by atoms with Crippen molar-refractivity contribution in [2.24, 2.45) is 0 Å². The Kier molecular flexibility index (Phi) is 46.0. The summed E-state index contributed by atoms with van der Waals surface area (Å²) in [6.45, 7) is 4.42.